The highest BCUT2D eigenvalue weighted by Crippen LogP contribution is 2.17. The Balaban J connectivity index is 2.07. The van der Waals surface area contributed by atoms with Crippen molar-refractivity contribution >= 4 is 34.9 Å². The fourth-order valence-electron chi connectivity index (χ4n) is 1.92. The van der Waals surface area contributed by atoms with Gasteiger partial charge in [0.15, 0.2) is 0 Å². The average Bonchev–Trinajstić information content (AvgIpc) is 2.53. The number of benzene rings is 2. The van der Waals surface area contributed by atoms with Crippen molar-refractivity contribution in [2.24, 2.45) is 5.73 Å². The number of carbonyl (C=O) groups is 2. The summed E-state index contributed by atoms with van der Waals surface area (Å²) in [5, 5.41) is 8.49. The van der Waals surface area contributed by atoms with Crippen molar-refractivity contribution in [3.63, 3.8) is 0 Å². The third-order valence-electron chi connectivity index (χ3n) is 2.93. The molecule has 0 fully saturated rings. The Hall–Kier alpha value is -2.57. The molecular weight excluding hydrogens is 316 g/mol. The minimum Gasteiger partial charge on any atom is -0.351 e. The van der Waals surface area contributed by atoms with E-state index in [1.807, 2.05) is 0 Å². The molecular formula is C16H17ClN4O2. The Bertz CT molecular complexity index is 706. The first-order valence-corrected chi connectivity index (χ1v) is 7.39. The molecule has 0 heterocycles. The van der Waals surface area contributed by atoms with Gasteiger partial charge in [0, 0.05) is 23.8 Å². The van der Waals surface area contributed by atoms with Crippen LogP contribution in [0, 0.1) is 0 Å². The SMILES string of the molecule is NCCNC(=O)c1ccccc1NC(=O)Nc1cccc(Cl)c1. The van der Waals surface area contributed by atoms with E-state index in [2.05, 4.69) is 16.0 Å². The predicted molar refractivity (Wildman–Crippen MR) is 91.9 cm³/mol. The summed E-state index contributed by atoms with van der Waals surface area (Å²) in [6.45, 7) is 0.707. The topological polar surface area (TPSA) is 96.2 Å². The van der Waals surface area contributed by atoms with E-state index in [9.17, 15) is 9.59 Å². The van der Waals surface area contributed by atoms with Gasteiger partial charge in [-0.15, -0.1) is 0 Å². The van der Waals surface area contributed by atoms with E-state index < -0.39 is 6.03 Å². The first-order valence-electron chi connectivity index (χ1n) is 7.01. The van der Waals surface area contributed by atoms with Crippen LogP contribution in [-0.4, -0.2) is 25.0 Å². The van der Waals surface area contributed by atoms with Gasteiger partial charge in [-0.05, 0) is 30.3 Å². The number of carbonyl (C=O) groups excluding carboxylic acids is 2. The lowest BCUT2D eigenvalue weighted by molar-refractivity contribution is 0.0955. The predicted octanol–water partition coefficient (Wildman–Crippen LogP) is 2.67. The Morgan fingerprint density at radius 2 is 1.83 bits per heavy atom. The van der Waals surface area contributed by atoms with Crippen molar-refractivity contribution in [2.75, 3.05) is 23.7 Å². The number of para-hydroxylation sites is 1. The number of hydrogen-bond acceptors (Lipinski definition) is 3. The third-order valence-corrected chi connectivity index (χ3v) is 3.17. The van der Waals surface area contributed by atoms with Crippen LogP contribution in [0.2, 0.25) is 5.02 Å². The Kier molecular flexibility index (Phi) is 5.96. The fourth-order valence-corrected chi connectivity index (χ4v) is 2.11. The van der Waals surface area contributed by atoms with E-state index in [1.54, 1.807) is 48.5 Å². The molecule has 0 spiro atoms. The van der Waals surface area contributed by atoms with Crippen LogP contribution in [0.5, 0.6) is 0 Å². The van der Waals surface area contributed by atoms with Crippen LogP contribution in [0.15, 0.2) is 48.5 Å². The smallest absolute Gasteiger partial charge is 0.323 e. The van der Waals surface area contributed by atoms with Crippen molar-refractivity contribution in [1.82, 2.24) is 5.32 Å². The van der Waals surface area contributed by atoms with E-state index in [0.29, 0.717) is 35.1 Å². The molecule has 6 nitrogen and oxygen atoms in total. The summed E-state index contributed by atoms with van der Waals surface area (Å²) in [6, 6.07) is 13.0. The summed E-state index contributed by atoms with van der Waals surface area (Å²) in [6.07, 6.45) is 0. The minimum absolute atomic E-state index is 0.297. The standard InChI is InChI=1S/C16H17ClN4O2/c17-11-4-3-5-12(10-11)20-16(23)21-14-7-2-1-6-13(14)15(22)19-9-8-18/h1-7,10H,8-9,18H2,(H,19,22)(H2,20,21,23). The molecule has 3 amide bonds. The van der Waals surface area contributed by atoms with Crippen molar-refractivity contribution in [1.29, 1.82) is 0 Å². The molecule has 0 aliphatic carbocycles. The molecule has 120 valence electrons. The maximum atomic E-state index is 12.1. The van der Waals surface area contributed by atoms with E-state index in [0.717, 1.165) is 0 Å². The second-order valence-electron chi connectivity index (χ2n) is 4.68. The Labute approximate surface area is 139 Å². The van der Waals surface area contributed by atoms with Gasteiger partial charge in [-0.2, -0.15) is 0 Å². The summed E-state index contributed by atoms with van der Waals surface area (Å²) < 4.78 is 0. The normalized spacial score (nSPS) is 10.0. The molecule has 0 unspecified atom stereocenters. The number of amides is 3. The zero-order chi connectivity index (χ0) is 16.7. The number of rotatable bonds is 5. The zero-order valence-electron chi connectivity index (χ0n) is 12.3. The molecule has 5 N–H and O–H groups in total. The van der Waals surface area contributed by atoms with Crippen molar-refractivity contribution in [3.8, 4) is 0 Å². The first kappa shape index (κ1) is 16.8. The third kappa shape index (κ3) is 4.98. The summed E-state index contributed by atoms with van der Waals surface area (Å²) >= 11 is 5.87. The lowest BCUT2D eigenvalue weighted by Crippen LogP contribution is -2.30. The van der Waals surface area contributed by atoms with E-state index in [1.165, 1.54) is 0 Å². The molecule has 23 heavy (non-hydrogen) atoms. The molecule has 0 bridgehead atoms. The number of hydrogen-bond donors (Lipinski definition) is 4. The monoisotopic (exact) mass is 332 g/mol. The highest BCUT2D eigenvalue weighted by atomic mass is 35.5. The molecule has 0 atom stereocenters. The molecule has 0 saturated heterocycles. The van der Waals surface area contributed by atoms with Crippen LogP contribution >= 0.6 is 11.6 Å². The number of halogens is 1. The summed E-state index contributed by atoms with van der Waals surface area (Å²) in [7, 11) is 0. The quantitative estimate of drug-likeness (QED) is 0.677. The zero-order valence-corrected chi connectivity index (χ0v) is 13.1. The van der Waals surface area contributed by atoms with Gasteiger partial charge in [0.25, 0.3) is 5.91 Å². The van der Waals surface area contributed by atoms with Crippen LogP contribution in [0.4, 0.5) is 16.2 Å². The summed E-state index contributed by atoms with van der Waals surface area (Å²) in [4.78, 5) is 24.1. The van der Waals surface area contributed by atoms with Gasteiger partial charge in [0.2, 0.25) is 0 Å². The maximum absolute atomic E-state index is 12.1. The summed E-state index contributed by atoms with van der Waals surface area (Å²) in [5.74, 6) is -0.297. The molecule has 0 aliphatic rings. The van der Waals surface area contributed by atoms with Gasteiger partial charge in [0.05, 0.1) is 11.3 Å². The molecule has 2 rings (SSSR count). The van der Waals surface area contributed by atoms with Crippen LogP contribution in [-0.2, 0) is 0 Å². The number of anilines is 2. The Morgan fingerprint density at radius 1 is 1.04 bits per heavy atom. The maximum Gasteiger partial charge on any atom is 0.323 e. The van der Waals surface area contributed by atoms with Gasteiger partial charge < -0.3 is 21.7 Å². The lowest BCUT2D eigenvalue weighted by atomic mass is 10.1. The molecule has 2 aromatic carbocycles. The minimum atomic E-state index is -0.466. The number of urea groups is 1. The highest BCUT2D eigenvalue weighted by Gasteiger charge is 2.12. The molecule has 2 aromatic rings. The molecule has 0 aliphatic heterocycles. The van der Waals surface area contributed by atoms with Crippen molar-refractivity contribution in [2.45, 2.75) is 0 Å². The van der Waals surface area contributed by atoms with Gasteiger partial charge in [-0.1, -0.05) is 29.8 Å². The first-order chi connectivity index (χ1) is 11.1. The highest BCUT2D eigenvalue weighted by molar-refractivity contribution is 6.30. The number of nitrogens with one attached hydrogen (secondary N) is 3. The molecule has 0 aromatic heterocycles. The second-order valence-corrected chi connectivity index (χ2v) is 5.12. The molecule has 0 saturated carbocycles. The average molecular weight is 333 g/mol. The van der Waals surface area contributed by atoms with Gasteiger partial charge in [-0.25, -0.2) is 4.79 Å². The van der Waals surface area contributed by atoms with Gasteiger partial charge in [0.1, 0.15) is 0 Å². The molecule has 7 heteroatoms. The fraction of sp³-hybridized carbons (Fsp3) is 0.125. The van der Waals surface area contributed by atoms with E-state index >= 15 is 0 Å². The van der Waals surface area contributed by atoms with E-state index in [4.69, 9.17) is 17.3 Å². The second kappa shape index (κ2) is 8.17. The van der Waals surface area contributed by atoms with Crippen LogP contribution < -0.4 is 21.7 Å². The van der Waals surface area contributed by atoms with Crippen molar-refractivity contribution < 1.29 is 9.59 Å². The van der Waals surface area contributed by atoms with Gasteiger partial charge >= 0.3 is 6.03 Å². The van der Waals surface area contributed by atoms with Crippen LogP contribution in [0.25, 0.3) is 0 Å². The summed E-state index contributed by atoms with van der Waals surface area (Å²) in [5.41, 5.74) is 6.69. The molecule has 0 radical (unpaired) electrons. The largest absolute Gasteiger partial charge is 0.351 e. The van der Waals surface area contributed by atoms with E-state index in [-0.39, 0.29) is 5.91 Å². The van der Waals surface area contributed by atoms with Crippen LogP contribution in [0.1, 0.15) is 10.4 Å². The Morgan fingerprint density at radius 3 is 2.57 bits per heavy atom. The van der Waals surface area contributed by atoms with Crippen LogP contribution in [0.3, 0.4) is 0 Å². The van der Waals surface area contributed by atoms with Crippen molar-refractivity contribution in [3.05, 3.63) is 59.1 Å². The van der Waals surface area contributed by atoms with Gasteiger partial charge in [-0.3, -0.25) is 4.79 Å². The number of nitrogens with two attached hydrogens (primary N) is 1. The lowest BCUT2D eigenvalue weighted by Gasteiger charge is -2.12.